The van der Waals surface area contributed by atoms with Crippen molar-refractivity contribution in [3.8, 4) is 5.75 Å². The van der Waals surface area contributed by atoms with Crippen LogP contribution in [0.3, 0.4) is 0 Å². The van der Waals surface area contributed by atoms with Crippen LogP contribution in [0.2, 0.25) is 0 Å². The number of aryl methyl sites for hydroxylation is 1. The quantitative estimate of drug-likeness (QED) is 0.823. The van der Waals surface area contributed by atoms with E-state index in [4.69, 9.17) is 12.0 Å². The Morgan fingerprint density at radius 3 is 2.48 bits per heavy atom. The molecule has 1 aromatic carbocycles. The molecule has 1 aromatic rings. The zero-order chi connectivity index (χ0) is 21.9. The summed E-state index contributed by atoms with van der Waals surface area (Å²) in [4.78, 5) is 11.1. The molecule has 9 heteroatoms. The second-order valence-electron chi connectivity index (χ2n) is 4.51. The normalized spacial score (nSPS) is 22.4. The highest BCUT2D eigenvalue weighted by atomic mass is 19.4. The van der Waals surface area contributed by atoms with Gasteiger partial charge in [0.15, 0.2) is 0 Å². The van der Waals surface area contributed by atoms with Crippen LogP contribution in [0.25, 0.3) is 6.08 Å². The fraction of sp³-hybridized carbons (Fsp3) is 0.357. The predicted octanol–water partition coefficient (Wildman–Crippen LogP) is 4.06. The van der Waals surface area contributed by atoms with Crippen LogP contribution >= 0.6 is 0 Å². The Balaban J connectivity index is 2.88. The highest BCUT2D eigenvalue weighted by molar-refractivity contribution is 5.95. The van der Waals surface area contributed by atoms with Crippen molar-refractivity contribution in [1.82, 2.24) is 0 Å². The van der Waals surface area contributed by atoms with Crippen LogP contribution in [0.5, 0.6) is 5.75 Å². The van der Waals surface area contributed by atoms with Gasteiger partial charge in [-0.1, -0.05) is 6.85 Å². The Hall–Kier alpha value is -2.19. The molecule has 0 radical (unpaired) electrons. The van der Waals surface area contributed by atoms with Gasteiger partial charge in [-0.3, -0.25) is 0 Å². The third kappa shape index (κ3) is 3.27. The van der Waals surface area contributed by atoms with Crippen molar-refractivity contribution in [3.63, 3.8) is 0 Å². The Kier molecular flexibility index (Phi) is 2.70. The minimum Gasteiger partial charge on any atom is -0.478 e. The lowest BCUT2D eigenvalue weighted by atomic mass is 9.95. The first-order valence-corrected chi connectivity index (χ1v) is 5.81. The molecule has 1 heterocycles. The Morgan fingerprint density at radius 2 is 2.00 bits per heavy atom. The van der Waals surface area contributed by atoms with Crippen LogP contribution in [0, 0.1) is 0 Å². The number of halogens is 6. The molecule has 1 atom stereocenters. The molecule has 3 nitrogen and oxygen atoms in total. The number of carboxylic acids is 1. The molecule has 0 aliphatic carbocycles. The smallest absolute Gasteiger partial charge is 0.430 e. The Bertz CT molecular complexity index is 842. The molecule has 0 bridgehead atoms. The van der Waals surface area contributed by atoms with Gasteiger partial charge in [-0.15, -0.1) is 0 Å². The number of ether oxygens (including phenoxy) is 1. The summed E-state index contributed by atoms with van der Waals surface area (Å²) in [5, 5.41) is 8.95. The summed E-state index contributed by atoms with van der Waals surface area (Å²) in [6.07, 6.45) is -16.8. The number of alkyl halides is 6. The fourth-order valence-corrected chi connectivity index (χ4v) is 1.99. The molecule has 2 rings (SSSR count). The van der Waals surface area contributed by atoms with E-state index >= 15 is 0 Å². The minimum atomic E-state index is -5.31. The summed E-state index contributed by atoms with van der Waals surface area (Å²) in [7, 11) is 0. The van der Waals surface area contributed by atoms with Gasteiger partial charge in [0.05, 0.1) is 11.1 Å². The molecule has 1 N–H and O–H groups in total. The van der Waals surface area contributed by atoms with Crippen molar-refractivity contribution in [2.45, 2.75) is 31.7 Å². The van der Waals surface area contributed by atoms with E-state index < -0.39 is 65.7 Å². The monoisotopic (exact) mass is 345 g/mol. The molecule has 0 fully saturated rings. The first-order valence-electron chi connectivity index (χ1n) is 8.31. The first kappa shape index (κ1) is 11.4. The standard InChI is InChI=1S/C14H10F6O3/c1-2-6-3-8(13(15,16)17)4-7-5-9(12(21)22)11(14(18,19)20)23-10(6)7/h3-5,11H,2H2,1H3,(H,21,22)/i1D3,2D2. The zero-order valence-electron chi connectivity index (χ0n) is 15.8. The summed E-state index contributed by atoms with van der Waals surface area (Å²) < 4.78 is 120. The highest BCUT2D eigenvalue weighted by Crippen LogP contribution is 2.42. The predicted molar refractivity (Wildman–Crippen MR) is 66.9 cm³/mol. The van der Waals surface area contributed by atoms with E-state index in [2.05, 4.69) is 4.74 Å². The first-order chi connectivity index (χ1) is 12.4. The Labute approximate surface area is 133 Å². The number of hydrogen-bond donors (Lipinski definition) is 1. The summed E-state index contributed by atoms with van der Waals surface area (Å²) in [6.45, 7) is -3.56. The fourth-order valence-electron chi connectivity index (χ4n) is 1.99. The largest absolute Gasteiger partial charge is 0.478 e. The van der Waals surface area contributed by atoms with Crippen molar-refractivity contribution in [1.29, 1.82) is 0 Å². The molecule has 23 heavy (non-hydrogen) atoms. The second-order valence-corrected chi connectivity index (χ2v) is 4.51. The number of benzene rings is 1. The topological polar surface area (TPSA) is 46.5 Å². The molecule has 0 spiro atoms. The maximum absolute atomic E-state index is 13.2. The maximum Gasteiger partial charge on any atom is 0.430 e. The minimum absolute atomic E-state index is 0.0399. The SMILES string of the molecule is [2H]C([2H])([2H])C([2H])([2H])c1cc(C(F)(F)F)cc2c1OC(C(F)(F)F)C(C(=O)O)=C2. The van der Waals surface area contributed by atoms with Crippen LogP contribution in [0.1, 0.15) is 30.4 Å². The van der Waals surface area contributed by atoms with E-state index in [-0.39, 0.29) is 18.2 Å². The van der Waals surface area contributed by atoms with Gasteiger partial charge in [0.2, 0.25) is 6.10 Å². The van der Waals surface area contributed by atoms with Crippen LogP contribution in [0.15, 0.2) is 17.7 Å². The molecule has 0 amide bonds. The second kappa shape index (κ2) is 5.47. The van der Waals surface area contributed by atoms with Gasteiger partial charge in [0.25, 0.3) is 0 Å². The average Bonchev–Trinajstić information content (AvgIpc) is 2.49. The summed E-state index contributed by atoms with van der Waals surface area (Å²) in [6, 6.07) is 0.294. The van der Waals surface area contributed by atoms with Gasteiger partial charge in [-0.25, -0.2) is 4.79 Å². The molecule has 1 aliphatic rings. The van der Waals surface area contributed by atoms with Crippen molar-refractivity contribution in [2.24, 2.45) is 0 Å². The number of carboxylic acid groups (broad SMARTS) is 1. The van der Waals surface area contributed by atoms with Gasteiger partial charge < -0.3 is 9.84 Å². The van der Waals surface area contributed by atoms with E-state index in [0.29, 0.717) is 0 Å². The van der Waals surface area contributed by atoms with Crippen LogP contribution in [-0.2, 0) is 17.3 Å². The average molecular weight is 345 g/mol. The van der Waals surface area contributed by atoms with Crippen molar-refractivity contribution in [3.05, 3.63) is 34.4 Å². The maximum atomic E-state index is 13.2. The Morgan fingerprint density at radius 1 is 1.35 bits per heavy atom. The van der Waals surface area contributed by atoms with Crippen LogP contribution < -0.4 is 4.74 Å². The van der Waals surface area contributed by atoms with Gasteiger partial charge >= 0.3 is 18.3 Å². The lowest BCUT2D eigenvalue weighted by molar-refractivity contribution is -0.187. The van der Waals surface area contributed by atoms with Gasteiger partial charge in [-0.2, -0.15) is 26.3 Å². The van der Waals surface area contributed by atoms with Crippen LogP contribution in [0.4, 0.5) is 26.3 Å². The number of rotatable bonds is 2. The summed E-state index contributed by atoms with van der Waals surface area (Å²) >= 11 is 0. The van der Waals surface area contributed by atoms with E-state index in [9.17, 15) is 31.1 Å². The summed E-state index contributed by atoms with van der Waals surface area (Å²) in [5.41, 5.74) is -5.15. The molecule has 0 saturated heterocycles. The summed E-state index contributed by atoms with van der Waals surface area (Å²) in [5.74, 6) is -3.24. The van der Waals surface area contributed by atoms with E-state index in [1.165, 1.54) is 0 Å². The number of carbonyl (C=O) groups is 1. The van der Waals surface area contributed by atoms with Gasteiger partial charge in [-0.05, 0) is 30.1 Å². The lowest BCUT2D eigenvalue weighted by Crippen LogP contribution is -2.40. The highest BCUT2D eigenvalue weighted by Gasteiger charge is 2.49. The van der Waals surface area contributed by atoms with E-state index in [1.54, 1.807) is 0 Å². The molecule has 126 valence electrons. The van der Waals surface area contributed by atoms with E-state index in [1.807, 2.05) is 0 Å². The third-order valence-corrected chi connectivity index (χ3v) is 2.95. The number of hydrogen-bond acceptors (Lipinski definition) is 2. The van der Waals surface area contributed by atoms with E-state index in [0.717, 1.165) is 0 Å². The van der Waals surface area contributed by atoms with Crippen molar-refractivity contribution in [2.75, 3.05) is 0 Å². The number of aliphatic carboxylic acids is 1. The molecule has 0 saturated carbocycles. The van der Waals surface area contributed by atoms with Gasteiger partial charge in [0, 0.05) is 12.4 Å². The van der Waals surface area contributed by atoms with Crippen LogP contribution in [-0.4, -0.2) is 23.4 Å². The molecule has 1 aliphatic heterocycles. The van der Waals surface area contributed by atoms with Gasteiger partial charge in [0.1, 0.15) is 5.75 Å². The third-order valence-electron chi connectivity index (χ3n) is 2.95. The number of fused-ring (bicyclic) bond motifs is 1. The van der Waals surface area contributed by atoms with Crippen molar-refractivity contribution < 1.29 is 47.8 Å². The molecule has 1 unspecified atom stereocenters. The lowest BCUT2D eigenvalue weighted by Gasteiger charge is -2.29. The zero-order valence-corrected chi connectivity index (χ0v) is 10.8. The van der Waals surface area contributed by atoms with Crippen molar-refractivity contribution >= 4 is 12.0 Å². The molecular weight excluding hydrogens is 330 g/mol. The molecule has 0 aromatic heterocycles. The molecular formula is C14H10F6O3.